The molecule has 1 aliphatic rings. The molecule has 0 spiro atoms. The zero-order valence-electron chi connectivity index (χ0n) is 17.4. The maximum atomic E-state index is 13.7. The van der Waals surface area contributed by atoms with Gasteiger partial charge in [0.1, 0.15) is 22.3 Å². The monoisotopic (exact) mass is 453 g/mol. The van der Waals surface area contributed by atoms with Crippen molar-refractivity contribution in [2.75, 3.05) is 51.3 Å². The van der Waals surface area contributed by atoms with Crippen LogP contribution in [0.25, 0.3) is 0 Å². The minimum atomic E-state index is -4.13. The summed E-state index contributed by atoms with van der Waals surface area (Å²) >= 11 is 0. The summed E-state index contributed by atoms with van der Waals surface area (Å²) in [5, 5.41) is 0. The Labute approximate surface area is 180 Å². The Morgan fingerprint density at radius 1 is 1.03 bits per heavy atom. The Kier molecular flexibility index (Phi) is 7.11. The van der Waals surface area contributed by atoms with Crippen molar-refractivity contribution in [1.29, 1.82) is 0 Å². The highest BCUT2D eigenvalue weighted by atomic mass is 32.2. The number of anilines is 1. The third-order valence-corrected chi connectivity index (χ3v) is 7.17. The highest BCUT2D eigenvalue weighted by molar-refractivity contribution is 7.89. The molecule has 1 saturated heterocycles. The number of hydrogen-bond donors (Lipinski definition) is 0. The number of nitrogens with zero attached hydrogens (tertiary/aromatic N) is 3. The maximum absolute atomic E-state index is 13.7. The zero-order chi connectivity index (χ0) is 22.6. The van der Waals surface area contributed by atoms with Gasteiger partial charge in [0, 0.05) is 38.4 Å². The van der Waals surface area contributed by atoms with Gasteiger partial charge in [0.25, 0.3) is 0 Å². The van der Waals surface area contributed by atoms with E-state index in [-0.39, 0.29) is 35.5 Å². The average Bonchev–Trinajstić information content (AvgIpc) is 2.77. The second-order valence-electron chi connectivity index (χ2n) is 7.07. The molecule has 31 heavy (non-hydrogen) atoms. The lowest BCUT2D eigenvalue weighted by molar-refractivity contribution is -0.131. The lowest BCUT2D eigenvalue weighted by Crippen LogP contribution is -2.51. The molecule has 3 rings (SSSR count). The van der Waals surface area contributed by atoms with Gasteiger partial charge in [-0.25, -0.2) is 17.2 Å². The molecular weight excluding hydrogens is 428 g/mol. The maximum Gasteiger partial charge on any atom is 0.247 e. The molecule has 0 aromatic heterocycles. The molecule has 168 valence electrons. The number of ether oxygens (including phenoxy) is 1. The van der Waals surface area contributed by atoms with E-state index in [1.54, 1.807) is 24.0 Å². The van der Waals surface area contributed by atoms with Crippen molar-refractivity contribution in [2.24, 2.45) is 0 Å². The summed E-state index contributed by atoms with van der Waals surface area (Å²) in [7, 11) is -2.83. The van der Waals surface area contributed by atoms with Crippen LogP contribution in [0.2, 0.25) is 0 Å². The van der Waals surface area contributed by atoms with Crippen LogP contribution in [-0.2, 0) is 14.8 Å². The highest BCUT2D eigenvalue weighted by Gasteiger charge is 2.31. The number of carbonyl (C=O) groups is 1. The zero-order valence-corrected chi connectivity index (χ0v) is 18.2. The van der Waals surface area contributed by atoms with E-state index in [0.717, 1.165) is 22.1 Å². The van der Waals surface area contributed by atoms with Gasteiger partial charge in [-0.05, 0) is 42.5 Å². The van der Waals surface area contributed by atoms with Crippen LogP contribution < -0.4 is 9.64 Å². The van der Waals surface area contributed by atoms with Crippen molar-refractivity contribution in [2.45, 2.75) is 11.8 Å². The number of likely N-dealkylation sites (N-methyl/N-ethyl adjacent to an activating group) is 1. The van der Waals surface area contributed by atoms with Crippen LogP contribution in [0.4, 0.5) is 14.5 Å². The smallest absolute Gasteiger partial charge is 0.247 e. The molecule has 0 atom stereocenters. The van der Waals surface area contributed by atoms with Crippen LogP contribution in [0.15, 0.2) is 47.4 Å². The van der Waals surface area contributed by atoms with Gasteiger partial charge in [-0.15, -0.1) is 0 Å². The van der Waals surface area contributed by atoms with Crippen LogP contribution in [-0.4, -0.2) is 69.9 Å². The molecule has 1 heterocycles. The van der Waals surface area contributed by atoms with Crippen molar-refractivity contribution in [1.82, 2.24) is 9.21 Å². The third-order valence-electron chi connectivity index (χ3n) is 5.23. The molecule has 10 heteroatoms. The van der Waals surface area contributed by atoms with Gasteiger partial charge in [0.2, 0.25) is 15.9 Å². The number of hydrogen-bond acceptors (Lipinski definition) is 5. The van der Waals surface area contributed by atoms with Gasteiger partial charge in [0.05, 0.1) is 13.7 Å². The molecule has 0 radical (unpaired) electrons. The number of carbonyl (C=O) groups excluding carboxylic acids is 1. The molecule has 0 N–H and O–H groups in total. The van der Waals surface area contributed by atoms with Crippen molar-refractivity contribution in [3.63, 3.8) is 0 Å². The van der Waals surface area contributed by atoms with Crippen molar-refractivity contribution in [3.8, 4) is 5.75 Å². The molecule has 1 amide bonds. The number of sulfonamides is 1. The summed E-state index contributed by atoms with van der Waals surface area (Å²) in [6.45, 7) is 3.23. The molecule has 2 aromatic carbocycles. The summed E-state index contributed by atoms with van der Waals surface area (Å²) < 4.78 is 59.0. The minimum Gasteiger partial charge on any atom is -0.495 e. The van der Waals surface area contributed by atoms with E-state index < -0.39 is 15.8 Å². The van der Waals surface area contributed by atoms with Crippen molar-refractivity contribution < 1.29 is 26.7 Å². The lowest BCUT2D eigenvalue weighted by atomic mass is 10.2. The standard InChI is InChI=1S/C21H25F2N3O4S/c1-3-26(31(28,29)20-14-17(23)6-9-19(20)30-2)15-21(27)25-12-10-24(11-13-25)18-7-4-16(22)5-8-18/h4-9,14H,3,10-13,15H2,1-2H3. The fraction of sp³-hybridized carbons (Fsp3) is 0.381. The SMILES string of the molecule is CCN(CC(=O)N1CCN(c2ccc(F)cc2)CC1)S(=O)(=O)c1cc(F)ccc1OC. The van der Waals surface area contributed by atoms with Crippen molar-refractivity contribution >= 4 is 21.6 Å². The molecule has 0 bridgehead atoms. The summed E-state index contributed by atoms with van der Waals surface area (Å²) in [5.41, 5.74) is 0.865. The van der Waals surface area contributed by atoms with E-state index in [2.05, 4.69) is 0 Å². The van der Waals surface area contributed by atoms with E-state index in [0.29, 0.717) is 26.2 Å². The van der Waals surface area contributed by atoms with Crippen LogP contribution in [0.1, 0.15) is 6.92 Å². The normalized spacial score (nSPS) is 14.7. The van der Waals surface area contributed by atoms with Gasteiger partial charge < -0.3 is 14.5 Å². The second kappa shape index (κ2) is 9.61. The van der Waals surface area contributed by atoms with Crippen LogP contribution in [0.3, 0.4) is 0 Å². The number of piperazine rings is 1. The topological polar surface area (TPSA) is 70.2 Å². The molecule has 1 aliphatic heterocycles. The average molecular weight is 454 g/mol. The Morgan fingerprint density at radius 3 is 2.23 bits per heavy atom. The quantitative estimate of drug-likeness (QED) is 0.644. The first-order valence-electron chi connectivity index (χ1n) is 9.88. The van der Waals surface area contributed by atoms with Crippen LogP contribution in [0, 0.1) is 11.6 Å². The van der Waals surface area contributed by atoms with E-state index >= 15 is 0 Å². The van der Waals surface area contributed by atoms with Crippen molar-refractivity contribution in [3.05, 3.63) is 54.1 Å². The van der Waals surface area contributed by atoms with E-state index in [9.17, 15) is 22.0 Å². The predicted molar refractivity (Wildman–Crippen MR) is 113 cm³/mol. The lowest BCUT2D eigenvalue weighted by Gasteiger charge is -2.36. The van der Waals surface area contributed by atoms with Gasteiger partial charge in [0.15, 0.2) is 0 Å². The summed E-state index contributed by atoms with van der Waals surface area (Å²) in [6.07, 6.45) is 0. The van der Waals surface area contributed by atoms with Gasteiger partial charge in [-0.2, -0.15) is 4.31 Å². The molecule has 0 aliphatic carbocycles. The van der Waals surface area contributed by atoms with Gasteiger partial charge in [-0.3, -0.25) is 4.79 Å². The second-order valence-corrected chi connectivity index (χ2v) is 8.98. The molecule has 7 nitrogen and oxygen atoms in total. The Hall–Kier alpha value is -2.72. The van der Waals surface area contributed by atoms with Crippen LogP contribution in [0.5, 0.6) is 5.75 Å². The van der Waals surface area contributed by atoms with Gasteiger partial charge >= 0.3 is 0 Å². The van der Waals surface area contributed by atoms with Gasteiger partial charge in [-0.1, -0.05) is 6.92 Å². The number of benzene rings is 2. The summed E-state index contributed by atoms with van der Waals surface area (Å²) in [5.74, 6) is -1.34. The molecule has 0 unspecified atom stereocenters. The summed E-state index contributed by atoms with van der Waals surface area (Å²) in [6, 6.07) is 9.39. The first-order chi connectivity index (χ1) is 14.8. The highest BCUT2D eigenvalue weighted by Crippen LogP contribution is 2.27. The molecule has 1 fully saturated rings. The minimum absolute atomic E-state index is 0.0141. The predicted octanol–water partition coefficient (Wildman–Crippen LogP) is 2.33. The Morgan fingerprint density at radius 2 is 1.65 bits per heavy atom. The fourth-order valence-corrected chi connectivity index (χ4v) is 5.04. The van der Waals surface area contributed by atoms with E-state index in [1.165, 1.54) is 25.3 Å². The molecular formula is C21H25F2N3O4S. The Balaban J connectivity index is 1.67. The first-order valence-corrected chi connectivity index (χ1v) is 11.3. The van der Waals surface area contributed by atoms with E-state index in [4.69, 9.17) is 4.74 Å². The Bertz CT molecular complexity index is 1020. The third kappa shape index (κ3) is 5.13. The number of amides is 1. The largest absolute Gasteiger partial charge is 0.495 e. The number of methoxy groups -OCH3 is 1. The molecule has 0 saturated carbocycles. The number of halogens is 2. The summed E-state index contributed by atoms with van der Waals surface area (Å²) in [4.78, 5) is 16.1. The van der Waals surface area contributed by atoms with Crippen LogP contribution >= 0.6 is 0 Å². The van der Waals surface area contributed by atoms with E-state index in [1.807, 2.05) is 4.90 Å². The number of rotatable bonds is 7. The fourth-order valence-electron chi connectivity index (χ4n) is 3.47. The first kappa shape index (κ1) is 23.0. The molecule has 2 aromatic rings.